The molecule has 0 bridgehead atoms. The van der Waals surface area contributed by atoms with Gasteiger partial charge in [-0.05, 0) is 24.1 Å². The van der Waals surface area contributed by atoms with Crippen molar-refractivity contribution in [2.45, 2.75) is 19.1 Å². The predicted octanol–water partition coefficient (Wildman–Crippen LogP) is 2.17. The van der Waals surface area contributed by atoms with E-state index in [-0.39, 0.29) is 6.10 Å². The van der Waals surface area contributed by atoms with Crippen LogP contribution in [-0.4, -0.2) is 30.0 Å². The Morgan fingerprint density at radius 3 is 3.08 bits per heavy atom. The molecule has 24 heavy (non-hydrogen) atoms. The minimum Gasteiger partial charge on any atom is -0.495 e. The Balaban J connectivity index is 1.57. The first-order chi connectivity index (χ1) is 11.7. The molecule has 6 nitrogen and oxygen atoms in total. The van der Waals surface area contributed by atoms with Crippen LogP contribution in [0.2, 0.25) is 0 Å². The summed E-state index contributed by atoms with van der Waals surface area (Å²) in [5.74, 6) is 1.05. The van der Waals surface area contributed by atoms with E-state index in [1.165, 1.54) is 0 Å². The number of aromatic nitrogens is 2. The Labute approximate surface area is 142 Å². The molecule has 2 aromatic rings. The third-order valence-electron chi connectivity index (χ3n) is 4.39. The van der Waals surface area contributed by atoms with Crippen LogP contribution in [0.25, 0.3) is 0 Å². The van der Waals surface area contributed by atoms with Gasteiger partial charge in [-0.1, -0.05) is 6.07 Å². The zero-order valence-corrected chi connectivity index (χ0v) is 14.0. The number of ether oxygens (including phenoxy) is 2. The fourth-order valence-electron chi connectivity index (χ4n) is 3.15. The lowest BCUT2D eigenvalue weighted by Gasteiger charge is -2.18. The molecule has 0 amide bonds. The van der Waals surface area contributed by atoms with Gasteiger partial charge >= 0.3 is 0 Å². The number of methoxy groups -OCH3 is 1. The highest BCUT2D eigenvalue weighted by Gasteiger charge is 2.30. The van der Waals surface area contributed by atoms with Crippen molar-refractivity contribution in [3.63, 3.8) is 0 Å². The fourth-order valence-corrected chi connectivity index (χ4v) is 3.15. The Hall–Kier alpha value is -2.36. The normalized spacial score (nSPS) is 20.0. The quantitative estimate of drug-likeness (QED) is 0.881. The monoisotopic (exact) mass is 326 g/mol. The van der Waals surface area contributed by atoms with Gasteiger partial charge in [0.15, 0.2) is 0 Å². The van der Waals surface area contributed by atoms with Crippen LogP contribution in [-0.2, 0) is 18.3 Å². The van der Waals surface area contributed by atoms with Crippen LogP contribution in [0.3, 0.4) is 0 Å². The van der Waals surface area contributed by atoms with Crippen LogP contribution >= 0.6 is 0 Å². The predicted molar refractivity (Wildman–Crippen MR) is 89.4 cm³/mol. The number of hydrogen-bond donors (Lipinski definition) is 1. The van der Waals surface area contributed by atoms with Crippen molar-refractivity contribution in [3.05, 3.63) is 47.3 Å². The smallest absolute Gasteiger partial charge is 0.136 e. The van der Waals surface area contributed by atoms with Crippen molar-refractivity contribution in [1.29, 1.82) is 5.26 Å². The van der Waals surface area contributed by atoms with Crippen molar-refractivity contribution in [2.75, 3.05) is 20.3 Å². The first-order valence-electron chi connectivity index (χ1n) is 8.09. The molecule has 1 N–H and O–H groups in total. The van der Waals surface area contributed by atoms with Gasteiger partial charge in [-0.3, -0.25) is 4.68 Å². The summed E-state index contributed by atoms with van der Waals surface area (Å²) in [4.78, 5) is 0. The van der Waals surface area contributed by atoms with Crippen molar-refractivity contribution < 1.29 is 9.47 Å². The molecule has 0 aliphatic carbocycles. The van der Waals surface area contributed by atoms with E-state index in [2.05, 4.69) is 16.5 Å². The van der Waals surface area contributed by atoms with Gasteiger partial charge in [0, 0.05) is 44.4 Å². The highest BCUT2D eigenvalue weighted by atomic mass is 16.5. The minimum atomic E-state index is 0.108. The lowest BCUT2D eigenvalue weighted by Crippen LogP contribution is -2.24. The van der Waals surface area contributed by atoms with Gasteiger partial charge in [0.2, 0.25) is 0 Å². The van der Waals surface area contributed by atoms with Crippen molar-refractivity contribution >= 4 is 0 Å². The number of benzene rings is 1. The van der Waals surface area contributed by atoms with E-state index in [0.29, 0.717) is 17.2 Å². The molecule has 0 saturated carbocycles. The van der Waals surface area contributed by atoms with E-state index >= 15 is 0 Å². The van der Waals surface area contributed by atoms with Crippen molar-refractivity contribution in [3.8, 4) is 11.8 Å². The molecular weight excluding hydrogens is 304 g/mol. The number of aryl methyl sites for hydroxylation is 1. The maximum Gasteiger partial charge on any atom is 0.136 e. The van der Waals surface area contributed by atoms with Gasteiger partial charge in [-0.2, -0.15) is 10.4 Å². The van der Waals surface area contributed by atoms with Crippen LogP contribution in [0.15, 0.2) is 30.6 Å². The average molecular weight is 326 g/mol. The molecule has 0 radical (unpaired) electrons. The summed E-state index contributed by atoms with van der Waals surface area (Å²) in [6.07, 6.45) is 5.05. The first-order valence-corrected chi connectivity index (χ1v) is 8.09. The van der Waals surface area contributed by atoms with Crippen LogP contribution in [0.5, 0.6) is 5.75 Å². The highest BCUT2D eigenvalue weighted by Crippen LogP contribution is 2.33. The van der Waals surface area contributed by atoms with Gasteiger partial charge in [0.25, 0.3) is 0 Å². The summed E-state index contributed by atoms with van der Waals surface area (Å²) < 4.78 is 12.9. The number of nitrogens with one attached hydrogen (secondary N) is 1. The maximum atomic E-state index is 9.16. The SMILES string of the molecule is COc1ccc(CNC[C@@H]2CCO[C@H]2c2cnn(C)c2)cc1C#N. The highest BCUT2D eigenvalue weighted by molar-refractivity contribution is 5.45. The topological polar surface area (TPSA) is 72.1 Å². The second-order valence-corrected chi connectivity index (χ2v) is 6.06. The molecular formula is C18H22N4O2. The number of hydrogen-bond acceptors (Lipinski definition) is 5. The zero-order chi connectivity index (χ0) is 16.9. The van der Waals surface area contributed by atoms with Gasteiger partial charge < -0.3 is 14.8 Å². The molecule has 6 heteroatoms. The molecule has 1 saturated heterocycles. The second kappa shape index (κ2) is 7.47. The zero-order valence-electron chi connectivity index (χ0n) is 14.0. The molecule has 1 fully saturated rings. The molecule has 1 aromatic heterocycles. The molecule has 1 aromatic carbocycles. The Morgan fingerprint density at radius 1 is 1.50 bits per heavy atom. The first kappa shape index (κ1) is 16.5. The standard InChI is InChI=1S/C18H22N4O2/c1-22-12-16(11-21-22)18-14(5-6-24-18)10-20-9-13-3-4-17(23-2)15(7-13)8-19/h3-4,7,11-12,14,18,20H,5-6,9-10H2,1-2H3/t14-,18+/m0/s1. The van der Waals surface area contributed by atoms with Crippen LogP contribution in [0.4, 0.5) is 0 Å². The Bertz CT molecular complexity index is 735. The molecule has 3 rings (SSSR count). The Kier molecular flexibility index (Phi) is 5.14. The van der Waals surface area contributed by atoms with Crippen molar-refractivity contribution in [1.82, 2.24) is 15.1 Å². The second-order valence-electron chi connectivity index (χ2n) is 6.06. The van der Waals surface area contributed by atoms with E-state index in [9.17, 15) is 0 Å². The van der Waals surface area contributed by atoms with E-state index in [1.54, 1.807) is 7.11 Å². The Morgan fingerprint density at radius 2 is 2.38 bits per heavy atom. The third kappa shape index (κ3) is 3.58. The third-order valence-corrected chi connectivity index (χ3v) is 4.39. The summed E-state index contributed by atoms with van der Waals surface area (Å²) in [5, 5.41) is 16.9. The minimum absolute atomic E-state index is 0.108. The van der Waals surface area contributed by atoms with Crippen molar-refractivity contribution in [2.24, 2.45) is 13.0 Å². The lowest BCUT2D eigenvalue weighted by atomic mass is 9.97. The number of nitrogens with zero attached hydrogens (tertiary/aromatic N) is 3. The van der Waals surface area contributed by atoms with E-state index in [1.807, 2.05) is 42.3 Å². The summed E-state index contributed by atoms with van der Waals surface area (Å²) in [6, 6.07) is 7.86. The maximum absolute atomic E-state index is 9.16. The molecule has 2 atom stereocenters. The van der Waals surface area contributed by atoms with Gasteiger partial charge in [0.05, 0.1) is 25.0 Å². The molecule has 0 spiro atoms. The van der Waals surface area contributed by atoms with Gasteiger partial charge in [-0.25, -0.2) is 0 Å². The van der Waals surface area contributed by atoms with Crippen LogP contribution < -0.4 is 10.1 Å². The molecule has 1 aliphatic heterocycles. The van der Waals surface area contributed by atoms with Crippen LogP contribution in [0, 0.1) is 17.2 Å². The molecule has 0 unspecified atom stereocenters. The number of nitriles is 1. The summed E-state index contributed by atoms with van der Waals surface area (Å²) in [5.41, 5.74) is 2.77. The van der Waals surface area contributed by atoms with Gasteiger partial charge in [-0.15, -0.1) is 0 Å². The number of rotatable bonds is 6. The van der Waals surface area contributed by atoms with E-state index < -0.39 is 0 Å². The average Bonchev–Trinajstić information content (AvgIpc) is 3.23. The summed E-state index contributed by atoms with van der Waals surface area (Å²) in [6.45, 7) is 2.37. The lowest BCUT2D eigenvalue weighted by molar-refractivity contribution is 0.0904. The summed E-state index contributed by atoms with van der Waals surface area (Å²) in [7, 11) is 3.49. The van der Waals surface area contributed by atoms with Gasteiger partial charge in [0.1, 0.15) is 11.8 Å². The summed E-state index contributed by atoms with van der Waals surface area (Å²) >= 11 is 0. The van der Waals surface area contributed by atoms with E-state index in [4.69, 9.17) is 14.7 Å². The largest absolute Gasteiger partial charge is 0.495 e. The van der Waals surface area contributed by atoms with Crippen LogP contribution in [0.1, 0.15) is 29.2 Å². The molecule has 126 valence electrons. The van der Waals surface area contributed by atoms with E-state index in [0.717, 1.165) is 37.2 Å². The molecule has 2 heterocycles. The molecule has 1 aliphatic rings. The fraction of sp³-hybridized carbons (Fsp3) is 0.444.